The van der Waals surface area contributed by atoms with Gasteiger partial charge in [-0.1, -0.05) is 30.3 Å². The first kappa shape index (κ1) is 16.2. The highest BCUT2D eigenvalue weighted by molar-refractivity contribution is 5.15. The van der Waals surface area contributed by atoms with Gasteiger partial charge in [0.05, 0.1) is 6.20 Å². The molecule has 0 bridgehead atoms. The van der Waals surface area contributed by atoms with Crippen LogP contribution >= 0.6 is 0 Å². The molecule has 1 aromatic carbocycles. The Kier molecular flexibility index (Phi) is 5.13. The van der Waals surface area contributed by atoms with Crippen LogP contribution in [0.4, 0.5) is 0 Å². The molecule has 0 radical (unpaired) electrons. The van der Waals surface area contributed by atoms with Crippen molar-refractivity contribution in [3.63, 3.8) is 0 Å². The molecule has 124 valence electrons. The maximum Gasteiger partial charge on any atom is 0.0534 e. The number of piperidine rings is 1. The van der Waals surface area contributed by atoms with Crippen LogP contribution in [0.3, 0.4) is 0 Å². The highest BCUT2D eigenvalue weighted by Gasteiger charge is 2.33. The molecule has 0 saturated carbocycles. The number of likely N-dealkylation sites (tertiary alicyclic amines) is 1. The van der Waals surface area contributed by atoms with Gasteiger partial charge in [0.1, 0.15) is 0 Å². The molecule has 1 fully saturated rings. The molecule has 1 aromatic heterocycles. The van der Waals surface area contributed by atoms with E-state index in [9.17, 15) is 5.11 Å². The molecule has 4 nitrogen and oxygen atoms in total. The van der Waals surface area contributed by atoms with Crippen molar-refractivity contribution in [2.45, 2.75) is 32.2 Å². The maximum atomic E-state index is 9.97. The third kappa shape index (κ3) is 4.21. The lowest BCUT2D eigenvalue weighted by Crippen LogP contribution is -2.41. The zero-order valence-electron chi connectivity index (χ0n) is 14.0. The summed E-state index contributed by atoms with van der Waals surface area (Å²) in [6.07, 6.45) is 8.33. The van der Waals surface area contributed by atoms with Crippen molar-refractivity contribution in [2.24, 2.45) is 12.5 Å². The van der Waals surface area contributed by atoms with Gasteiger partial charge in [-0.2, -0.15) is 5.10 Å². The lowest BCUT2D eigenvalue weighted by molar-refractivity contribution is 0.0347. The van der Waals surface area contributed by atoms with E-state index in [2.05, 4.69) is 46.5 Å². The smallest absolute Gasteiger partial charge is 0.0534 e. The molecule has 0 amide bonds. The minimum absolute atomic E-state index is 0.0985. The molecule has 1 aliphatic heterocycles. The van der Waals surface area contributed by atoms with E-state index >= 15 is 0 Å². The van der Waals surface area contributed by atoms with Crippen LogP contribution in [0, 0.1) is 5.41 Å². The van der Waals surface area contributed by atoms with Gasteiger partial charge in [0.25, 0.3) is 0 Å². The van der Waals surface area contributed by atoms with Gasteiger partial charge in [-0.15, -0.1) is 0 Å². The maximum absolute atomic E-state index is 9.97. The van der Waals surface area contributed by atoms with E-state index in [1.807, 2.05) is 17.9 Å². The average molecular weight is 313 g/mol. The lowest BCUT2D eigenvalue weighted by Gasteiger charge is -2.41. The van der Waals surface area contributed by atoms with Crippen LogP contribution in [0.25, 0.3) is 0 Å². The summed E-state index contributed by atoms with van der Waals surface area (Å²) in [4.78, 5) is 2.48. The molecule has 0 spiro atoms. The van der Waals surface area contributed by atoms with Gasteiger partial charge in [0, 0.05) is 32.0 Å². The summed E-state index contributed by atoms with van der Waals surface area (Å²) in [6, 6.07) is 10.6. The van der Waals surface area contributed by atoms with E-state index in [0.717, 1.165) is 45.3 Å². The summed E-state index contributed by atoms with van der Waals surface area (Å²) in [5.41, 5.74) is 2.74. The first-order valence-corrected chi connectivity index (χ1v) is 8.54. The van der Waals surface area contributed by atoms with Crippen molar-refractivity contribution >= 4 is 0 Å². The van der Waals surface area contributed by atoms with Gasteiger partial charge in [-0.3, -0.25) is 9.58 Å². The zero-order chi connectivity index (χ0) is 16.1. The summed E-state index contributed by atoms with van der Waals surface area (Å²) >= 11 is 0. The van der Waals surface area contributed by atoms with Crippen molar-refractivity contribution in [2.75, 3.05) is 19.7 Å². The number of aliphatic hydroxyl groups excluding tert-OH is 1. The molecule has 4 heteroatoms. The highest BCUT2D eigenvalue weighted by atomic mass is 16.3. The number of benzene rings is 1. The first-order chi connectivity index (χ1) is 11.2. The molecule has 23 heavy (non-hydrogen) atoms. The second-order valence-electron chi connectivity index (χ2n) is 6.94. The van der Waals surface area contributed by atoms with E-state index in [0.29, 0.717) is 6.61 Å². The fraction of sp³-hybridized carbons (Fsp3) is 0.526. The first-order valence-electron chi connectivity index (χ1n) is 8.54. The number of aryl methyl sites for hydroxylation is 2. The van der Waals surface area contributed by atoms with Crippen LogP contribution in [0.5, 0.6) is 0 Å². The third-order valence-corrected chi connectivity index (χ3v) is 5.20. The molecule has 0 atom stereocenters. The van der Waals surface area contributed by atoms with Gasteiger partial charge in [0.2, 0.25) is 0 Å². The predicted octanol–water partition coefficient (Wildman–Crippen LogP) is 2.63. The van der Waals surface area contributed by atoms with Gasteiger partial charge < -0.3 is 5.11 Å². The Labute approximate surface area is 138 Å². The Morgan fingerprint density at radius 3 is 2.48 bits per heavy atom. The normalized spacial score (nSPS) is 18.2. The standard InChI is InChI=1S/C19H27N3O/c1-21-14-18(13-20-21)15-22-11-9-19(16-23,10-12-22)8-7-17-5-3-2-4-6-17/h2-6,13-14,23H,7-12,15-16H2,1H3. The largest absolute Gasteiger partial charge is 0.396 e. The summed E-state index contributed by atoms with van der Waals surface area (Å²) in [7, 11) is 1.96. The van der Waals surface area contributed by atoms with E-state index < -0.39 is 0 Å². The third-order valence-electron chi connectivity index (χ3n) is 5.20. The number of hydrogen-bond donors (Lipinski definition) is 1. The SMILES string of the molecule is Cn1cc(CN2CCC(CO)(CCc3ccccc3)CC2)cn1. The van der Waals surface area contributed by atoms with Crippen molar-refractivity contribution < 1.29 is 5.11 Å². The molecular weight excluding hydrogens is 286 g/mol. The molecule has 0 unspecified atom stereocenters. The number of hydrogen-bond acceptors (Lipinski definition) is 3. The van der Waals surface area contributed by atoms with Crippen molar-refractivity contribution in [3.05, 3.63) is 53.9 Å². The number of nitrogens with zero attached hydrogens (tertiary/aromatic N) is 3. The number of aromatic nitrogens is 2. The minimum Gasteiger partial charge on any atom is -0.396 e. The molecule has 2 aromatic rings. The Bertz CT molecular complexity index is 600. The Morgan fingerprint density at radius 2 is 1.87 bits per heavy atom. The van der Waals surface area contributed by atoms with E-state index in [1.54, 1.807) is 0 Å². The predicted molar refractivity (Wildman–Crippen MR) is 92.0 cm³/mol. The quantitative estimate of drug-likeness (QED) is 0.891. The highest BCUT2D eigenvalue weighted by Crippen LogP contribution is 2.36. The topological polar surface area (TPSA) is 41.3 Å². The fourth-order valence-corrected chi connectivity index (χ4v) is 3.54. The number of aliphatic hydroxyl groups is 1. The van der Waals surface area contributed by atoms with Gasteiger partial charge >= 0.3 is 0 Å². The lowest BCUT2D eigenvalue weighted by atomic mass is 9.75. The molecule has 1 N–H and O–H groups in total. The molecular formula is C19H27N3O. The van der Waals surface area contributed by atoms with Crippen LogP contribution in [0.1, 0.15) is 30.4 Å². The second-order valence-corrected chi connectivity index (χ2v) is 6.94. The Hall–Kier alpha value is -1.65. The van der Waals surface area contributed by atoms with Crippen molar-refractivity contribution in [1.82, 2.24) is 14.7 Å². The zero-order valence-corrected chi connectivity index (χ0v) is 14.0. The molecule has 1 aliphatic rings. The van der Waals surface area contributed by atoms with Crippen LogP contribution in [0.15, 0.2) is 42.7 Å². The minimum atomic E-state index is 0.0985. The molecule has 1 saturated heterocycles. The van der Waals surface area contributed by atoms with Gasteiger partial charge in [-0.25, -0.2) is 0 Å². The number of rotatable bonds is 6. The molecule has 0 aliphatic carbocycles. The Balaban J connectivity index is 1.52. The van der Waals surface area contributed by atoms with Crippen LogP contribution in [-0.2, 0) is 20.0 Å². The van der Waals surface area contributed by atoms with E-state index in [-0.39, 0.29) is 5.41 Å². The average Bonchev–Trinajstić information content (AvgIpc) is 3.00. The Morgan fingerprint density at radius 1 is 1.13 bits per heavy atom. The van der Waals surface area contributed by atoms with Crippen LogP contribution in [-0.4, -0.2) is 39.5 Å². The van der Waals surface area contributed by atoms with E-state index in [4.69, 9.17) is 0 Å². The summed E-state index contributed by atoms with van der Waals surface area (Å²) in [5.74, 6) is 0. The summed E-state index contributed by atoms with van der Waals surface area (Å²) in [6.45, 7) is 3.39. The summed E-state index contributed by atoms with van der Waals surface area (Å²) in [5, 5.41) is 14.2. The monoisotopic (exact) mass is 313 g/mol. The van der Waals surface area contributed by atoms with Crippen LogP contribution < -0.4 is 0 Å². The van der Waals surface area contributed by atoms with Crippen molar-refractivity contribution in [1.29, 1.82) is 0 Å². The fourth-order valence-electron chi connectivity index (χ4n) is 3.54. The molecule has 3 rings (SSSR count). The van der Waals surface area contributed by atoms with Gasteiger partial charge in [0.15, 0.2) is 0 Å². The second kappa shape index (κ2) is 7.28. The van der Waals surface area contributed by atoms with Gasteiger partial charge in [-0.05, 0) is 49.8 Å². The van der Waals surface area contributed by atoms with Crippen LogP contribution in [0.2, 0.25) is 0 Å². The summed E-state index contributed by atoms with van der Waals surface area (Å²) < 4.78 is 1.86. The van der Waals surface area contributed by atoms with E-state index in [1.165, 1.54) is 11.1 Å². The molecule has 2 heterocycles. The van der Waals surface area contributed by atoms with Crippen molar-refractivity contribution in [3.8, 4) is 0 Å².